The number of halogens is 2. The van der Waals surface area contributed by atoms with Crippen LogP contribution in [0.1, 0.15) is 12.5 Å². The molecule has 0 amide bonds. The molecule has 2 aromatic rings. The van der Waals surface area contributed by atoms with E-state index in [0.29, 0.717) is 24.1 Å². The van der Waals surface area contributed by atoms with Gasteiger partial charge in [0.05, 0.1) is 0 Å². The van der Waals surface area contributed by atoms with Crippen molar-refractivity contribution in [3.8, 4) is 11.5 Å². The van der Waals surface area contributed by atoms with Crippen molar-refractivity contribution >= 4 is 15.9 Å². The van der Waals surface area contributed by atoms with Gasteiger partial charge in [0.2, 0.25) is 0 Å². The number of nitrogens with one attached hydrogen (secondary N) is 1. The lowest BCUT2D eigenvalue weighted by Crippen LogP contribution is -2.58. The Kier molecular flexibility index (Phi) is 4.64. The SMILES string of the molecule is C[C@@H]1NC[C@H]1Oc1cc(Br)ccc1OCc1cccc(F)c1. The summed E-state index contributed by atoms with van der Waals surface area (Å²) < 4.78 is 25.9. The van der Waals surface area contributed by atoms with Gasteiger partial charge in [0.1, 0.15) is 18.5 Å². The Morgan fingerprint density at radius 3 is 2.77 bits per heavy atom. The first-order chi connectivity index (χ1) is 10.6. The normalized spacial score (nSPS) is 20.3. The van der Waals surface area contributed by atoms with E-state index in [4.69, 9.17) is 9.47 Å². The van der Waals surface area contributed by atoms with E-state index in [1.165, 1.54) is 12.1 Å². The summed E-state index contributed by atoms with van der Waals surface area (Å²) >= 11 is 3.45. The first-order valence-corrected chi connectivity index (χ1v) is 7.98. The van der Waals surface area contributed by atoms with Crippen molar-refractivity contribution in [2.75, 3.05) is 6.54 Å². The fraction of sp³-hybridized carbons (Fsp3) is 0.294. The highest BCUT2D eigenvalue weighted by atomic mass is 79.9. The average molecular weight is 366 g/mol. The summed E-state index contributed by atoms with van der Waals surface area (Å²) in [5.74, 6) is 1.10. The molecule has 2 atom stereocenters. The molecule has 1 fully saturated rings. The minimum Gasteiger partial charge on any atom is -0.485 e. The molecule has 0 radical (unpaired) electrons. The Bertz CT molecular complexity index is 665. The van der Waals surface area contributed by atoms with E-state index in [-0.39, 0.29) is 11.9 Å². The molecule has 2 aromatic carbocycles. The van der Waals surface area contributed by atoms with E-state index in [1.807, 2.05) is 24.3 Å². The maximum absolute atomic E-state index is 13.2. The van der Waals surface area contributed by atoms with Crippen LogP contribution < -0.4 is 14.8 Å². The van der Waals surface area contributed by atoms with Gasteiger partial charge in [-0.05, 0) is 42.8 Å². The maximum atomic E-state index is 13.2. The zero-order valence-electron chi connectivity index (χ0n) is 12.2. The third-order valence-electron chi connectivity index (χ3n) is 3.67. The second-order valence-electron chi connectivity index (χ2n) is 5.36. The van der Waals surface area contributed by atoms with Gasteiger partial charge in [-0.2, -0.15) is 0 Å². The molecule has 116 valence electrons. The van der Waals surface area contributed by atoms with Crippen LogP contribution in [0, 0.1) is 5.82 Å². The van der Waals surface area contributed by atoms with Gasteiger partial charge >= 0.3 is 0 Å². The molecular formula is C17H17BrFNO2. The van der Waals surface area contributed by atoms with Crippen LogP contribution in [0.3, 0.4) is 0 Å². The van der Waals surface area contributed by atoms with Crippen molar-refractivity contribution in [2.45, 2.75) is 25.7 Å². The fourth-order valence-electron chi connectivity index (χ4n) is 2.24. The topological polar surface area (TPSA) is 30.5 Å². The van der Waals surface area contributed by atoms with Crippen molar-refractivity contribution in [1.29, 1.82) is 0 Å². The van der Waals surface area contributed by atoms with Crippen LogP contribution in [-0.4, -0.2) is 18.7 Å². The van der Waals surface area contributed by atoms with Gasteiger partial charge < -0.3 is 14.8 Å². The first-order valence-electron chi connectivity index (χ1n) is 7.18. The van der Waals surface area contributed by atoms with Crippen LogP contribution >= 0.6 is 15.9 Å². The molecule has 1 N–H and O–H groups in total. The van der Waals surface area contributed by atoms with Crippen LogP contribution in [0.4, 0.5) is 4.39 Å². The van der Waals surface area contributed by atoms with Gasteiger partial charge in [0.15, 0.2) is 11.5 Å². The monoisotopic (exact) mass is 365 g/mol. The lowest BCUT2D eigenvalue weighted by molar-refractivity contribution is 0.0890. The van der Waals surface area contributed by atoms with Gasteiger partial charge in [0.25, 0.3) is 0 Å². The van der Waals surface area contributed by atoms with E-state index in [0.717, 1.165) is 16.6 Å². The van der Waals surface area contributed by atoms with Crippen LogP contribution in [0.25, 0.3) is 0 Å². The number of ether oxygens (including phenoxy) is 2. The molecule has 3 rings (SSSR count). The summed E-state index contributed by atoms with van der Waals surface area (Å²) in [6.07, 6.45) is 0.144. The van der Waals surface area contributed by atoms with E-state index in [1.54, 1.807) is 6.07 Å². The van der Waals surface area contributed by atoms with Gasteiger partial charge in [-0.25, -0.2) is 4.39 Å². The molecule has 1 saturated heterocycles. The van der Waals surface area contributed by atoms with Crippen LogP contribution in [0.5, 0.6) is 11.5 Å². The van der Waals surface area contributed by atoms with Crippen molar-refractivity contribution < 1.29 is 13.9 Å². The second-order valence-corrected chi connectivity index (χ2v) is 6.28. The van der Waals surface area contributed by atoms with Gasteiger partial charge in [0, 0.05) is 17.1 Å². The second kappa shape index (κ2) is 6.67. The van der Waals surface area contributed by atoms with Crippen LogP contribution in [-0.2, 0) is 6.61 Å². The van der Waals surface area contributed by atoms with Crippen molar-refractivity contribution in [3.63, 3.8) is 0 Å². The molecule has 3 nitrogen and oxygen atoms in total. The summed E-state index contributed by atoms with van der Waals surface area (Å²) in [6, 6.07) is 12.4. The van der Waals surface area contributed by atoms with Gasteiger partial charge in [-0.1, -0.05) is 28.1 Å². The predicted octanol–water partition coefficient (Wildman–Crippen LogP) is 3.91. The Morgan fingerprint density at radius 2 is 2.09 bits per heavy atom. The highest BCUT2D eigenvalue weighted by molar-refractivity contribution is 9.10. The van der Waals surface area contributed by atoms with Crippen molar-refractivity contribution in [1.82, 2.24) is 5.32 Å². The maximum Gasteiger partial charge on any atom is 0.162 e. The zero-order valence-corrected chi connectivity index (χ0v) is 13.8. The highest BCUT2D eigenvalue weighted by Gasteiger charge is 2.28. The molecule has 0 aromatic heterocycles. The predicted molar refractivity (Wildman–Crippen MR) is 86.8 cm³/mol. The Hall–Kier alpha value is -1.59. The first kappa shape index (κ1) is 15.3. The fourth-order valence-corrected chi connectivity index (χ4v) is 2.58. The van der Waals surface area contributed by atoms with Gasteiger partial charge in [-0.15, -0.1) is 0 Å². The van der Waals surface area contributed by atoms with Crippen molar-refractivity contribution in [3.05, 3.63) is 58.3 Å². The quantitative estimate of drug-likeness (QED) is 0.871. The summed E-state index contributed by atoms with van der Waals surface area (Å²) in [5, 5.41) is 3.26. The molecule has 22 heavy (non-hydrogen) atoms. The standard InChI is InChI=1S/C17H17BrFNO2/c1-11-17(9-20-11)22-16-8-13(18)5-6-15(16)21-10-12-3-2-4-14(19)7-12/h2-8,11,17,20H,9-10H2,1H3/t11-,17+/m0/s1. The number of hydrogen-bond donors (Lipinski definition) is 1. The molecule has 0 bridgehead atoms. The summed E-state index contributed by atoms with van der Waals surface area (Å²) in [7, 11) is 0. The molecular weight excluding hydrogens is 349 g/mol. The molecule has 5 heteroatoms. The smallest absolute Gasteiger partial charge is 0.162 e. The number of rotatable bonds is 5. The highest BCUT2D eigenvalue weighted by Crippen LogP contribution is 2.33. The number of benzene rings is 2. The van der Waals surface area contributed by atoms with Gasteiger partial charge in [-0.3, -0.25) is 0 Å². The molecule has 0 spiro atoms. The third-order valence-corrected chi connectivity index (χ3v) is 4.16. The molecule has 0 unspecified atom stereocenters. The lowest BCUT2D eigenvalue weighted by Gasteiger charge is -2.35. The summed E-state index contributed by atoms with van der Waals surface area (Å²) in [4.78, 5) is 0. The molecule has 1 aliphatic heterocycles. The minimum absolute atomic E-state index is 0.144. The van der Waals surface area contributed by atoms with Crippen molar-refractivity contribution in [2.24, 2.45) is 0 Å². The molecule has 0 aliphatic carbocycles. The lowest BCUT2D eigenvalue weighted by atomic mass is 10.1. The number of hydrogen-bond acceptors (Lipinski definition) is 3. The van der Waals surface area contributed by atoms with E-state index in [2.05, 4.69) is 28.2 Å². The van der Waals surface area contributed by atoms with E-state index >= 15 is 0 Å². The summed E-state index contributed by atoms with van der Waals surface area (Å²) in [5.41, 5.74) is 0.785. The zero-order chi connectivity index (χ0) is 15.5. The van der Waals surface area contributed by atoms with E-state index < -0.39 is 0 Å². The Morgan fingerprint density at radius 1 is 1.23 bits per heavy atom. The third kappa shape index (κ3) is 3.59. The molecule has 1 heterocycles. The average Bonchev–Trinajstić information content (AvgIpc) is 2.50. The molecule has 0 saturated carbocycles. The van der Waals surface area contributed by atoms with Crippen LogP contribution in [0.2, 0.25) is 0 Å². The Labute approximate surface area is 137 Å². The minimum atomic E-state index is -0.261. The Balaban J connectivity index is 1.72. The molecule has 1 aliphatic rings. The summed E-state index contributed by atoms with van der Waals surface area (Å²) in [6.45, 7) is 3.21. The largest absolute Gasteiger partial charge is 0.485 e. The van der Waals surface area contributed by atoms with E-state index in [9.17, 15) is 4.39 Å². The van der Waals surface area contributed by atoms with Crippen LogP contribution in [0.15, 0.2) is 46.9 Å².